The lowest BCUT2D eigenvalue weighted by Crippen LogP contribution is -2.46. The number of thiazole rings is 1. The highest BCUT2D eigenvalue weighted by Crippen LogP contribution is 2.31. The molecule has 2 aliphatic heterocycles. The van der Waals surface area contributed by atoms with E-state index < -0.39 is 0 Å². The number of aromatic nitrogens is 1. The third-order valence-corrected chi connectivity index (χ3v) is 4.74. The van der Waals surface area contributed by atoms with Crippen LogP contribution in [0.15, 0.2) is 0 Å². The Kier molecular flexibility index (Phi) is 3.56. The zero-order valence-corrected chi connectivity index (χ0v) is 11.7. The smallest absolute Gasteiger partial charge is 0.267 e. The number of piperazine rings is 1. The van der Waals surface area contributed by atoms with Gasteiger partial charge in [-0.05, 0) is 12.8 Å². The predicted octanol–water partition coefficient (Wildman–Crippen LogP) is 0.371. The molecule has 0 saturated carbocycles. The third-order valence-electron chi connectivity index (χ3n) is 3.62. The number of nitrogens with zero attached hydrogens (tertiary/aromatic N) is 3. The molecule has 2 aliphatic rings. The van der Waals surface area contributed by atoms with E-state index in [1.807, 2.05) is 4.90 Å². The van der Waals surface area contributed by atoms with Crippen LogP contribution in [0.1, 0.15) is 22.5 Å². The standard InChI is InChI=1S/C12H19N5OS/c13-10-9(11(18)16-7-3-14-4-8-16)19-12(15-10)17-5-1-2-6-17/h14H,1-8,13H2. The van der Waals surface area contributed by atoms with E-state index in [9.17, 15) is 4.79 Å². The van der Waals surface area contributed by atoms with Gasteiger partial charge in [-0.15, -0.1) is 0 Å². The molecule has 7 heteroatoms. The van der Waals surface area contributed by atoms with Gasteiger partial charge in [-0.25, -0.2) is 4.98 Å². The number of hydrogen-bond donors (Lipinski definition) is 2. The van der Waals surface area contributed by atoms with E-state index in [0.29, 0.717) is 10.7 Å². The average Bonchev–Trinajstić information content (AvgIpc) is 3.08. The summed E-state index contributed by atoms with van der Waals surface area (Å²) in [7, 11) is 0. The lowest BCUT2D eigenvalue weighted by Gasteiger charge is -2.26. The van der Waals surface area contributed by atoms with Crippen molar-refractivity contribution in [2.45, 2.75) is 12.8 Å². The Labute approximate surface area is 116 Å². The van der Waals surface area contributed by atoms with Crippen molar-refractivity contribution < 1.29 is 4.79 Å². The molecule has 0 aromatic carbocycles. The first kappa shape index (κ1) is 12.7. The summed E-state index contributed by atoms with van der Waals surface area (Å²) in [5.74, 6) is 0.414. The molecule has 0 atom stereocenters. The van der Waals surface area contributed by atoms with Gasteiger partial charge in [-0.3, -0.25) is 4.79 Å². The number of nitrogens with one attached hydrogen (secondary N) is 1. The maximum Gasteiger partial charge on any atom is 0.267 e. The van der Waals surface area contributed by atoms with Crippen LogP contribution in [0.5, 0.6) is 0 Å². The molecule has 1 aromatic rings. The zero-order chi connectivity index (χ0) is 13.2. The fraction of sp³-hybridized carbons (Fsp3) is 0.667. The largest absolute Gasteiger partial charge is 0.382 e. The lowest BCUT2D eigenvalue weighted by molar-refractivity contribution is 0.0741. The van der Waals surface area contributed by atoms with E-state index in [4.69, 9.17) is 5.73 Å². The summed E-state index contributed by atoms with van der Waals surface area (Å²) in [6, 6.07) is 0. The minimum absolute atomic E-state index is 0.0296. The maximum atomic E-state index is 12.4. The fourth-order valence-corrected chi connectivity index (χ4v) is 3.53. The summed E-state index contributed by atoms with van der Waals surface area (Å²) in [6.07, 6.45) is 2.39. The van der Waals surface area contributed by atoms with Gasteiger partial charge in [0, 0.05) is 39.3 Å². The van der Waals surface area contributed by atoms with E-state index in [-0.39, 0.29) is 5.91 Å². The van der Waals surface area contributed by atoms with Crippen LogP contribution in [0.2, 0.25) is 0 Å². The average molecular weight is 281 g/mol. The summed E-state index contributed by atoms with van der Waals surface area (Å²) in [6.45, 7) is 5.24. The number of hydrogen-bond acceptors (Lipinski definition) is 6. The van der Waals surface area contributed by atoms with E-state index in [2.05, 4.69) is 15.2 Å². The third kappa shape index (κ3) is 2.52. The second-order valence-electron chi connectivity index (χ2n) is 4.95. The Hall–Kier alpha value is -1.34. The Morgan fingerprint density at radius 1 is 1.21 bits per heavy atom. The zero-order valence-electron chi connectivity index (χ0n) is 10.9. The van der Waals surface area contributed by atoms with Gasteiger partial charge in [0.2, 0.25) is 0 Å². The number of nitrogens with two attached hydrogens (primary N) is 1. The van der Waals surface area contributed by atoms with Gasteiger partial charge in [0.25, 0.3) is 5.91 Å². The topological polar surface area (TPSA) is 74.5 Å². The molecular formula is C12H19N5OS. The van der Waals surface area contributed by atoms with Crippen molar-refractivity contribution in [1.29, 1.82) is 0 Å². The molecule has 3 heterocycles. The van der Waals surface area contributed by atoms with Crippen LogP contribution in [-0.4, -0.2) is 55.1 Å². The van der Waals surface area contributed by atoms with Crippen molar-refractivity contribution in [3.05, 3.63) is 4.88 Å². The van der Waals surface area contributed by atoms with Gasteiger partial charge < -0.3 is 20.9 Å². The summed E-state index contributed by atoms with van der Waals surface area (Å²) >= 11 is 1.44. The van der Waals surface area contributed by atoms with Gasteiger partial charge >= 0.3 is 0 Å². The molecule has 19 heavy (non-hydrogen) atoms. The number of anilines is 2. The van der Waals surface area contributed by atoms with Crippen molar-refractivity contribution in [2.24, 2.45) is 0 Å². The normalized spacial score (nSPS) is 20.0. The molecule has 2 saturated heterocycles. The predicted molar refractivity (Wildman–Crippen MR) is 76.7 cm³/mol. The van der Waals surface area contributed by atoms with E-state index >= 15 is 0 Å². The number of nitrogen functional groups attached to an aromatic ring is 1. The number of amides is 1. The van der Waals surface area contributed by atoms with Crippen molar-refractivity contribution in [3.8, 4) is 0 Å². The maximum absolute atomic E-state index is 12.4. The van der Waals surface area contributed by atoms with Gasteiger partial charge in [-0.1, -0.05) is 11.3 Å². The van der Waals surface area contributed by atoms with E-state index in [1.54, 1.807) is 0 Å². The van der Waals surface area contributed by atoms with Crippen molar-refractivity contribution in [1.82, 2.24) is 15.2 Å². The monoisotopic (exact) mass is 281 g/mol. The van der Waals surface area contributed by atoms with Gasteiger partial charge in [-0.2, -0.15) is 0 Å². The fourth-order valence-electron chi connectivity index (χ4n) is 2.53. The Balaban J connectivity index is 1.77. The van der Waals surface area contributed by atoms with Gasteiger partial charge in [0.05, 0.1) is 0 Å². The second-order valence-corrected chi connectivity index (χ2v) is 5.92. The highest BCUT2D eigenvalue weighted by Gasteiger charge is 2.25. The number of rotatable bonds is 2. The van der Waals surface area contributed by atoms with Crippen LogP contribution >= 0.6 is 11.3 Å². The Morgan fingerprint density at radius 3 is 2.58 bits per heavy atom. The molecule has 1 amide bonds. The van der Waals surface area contributed by atoms with Crippen molar-refractivity contribution in [2.75, 3.05) is 49.9 Å². The lowest BCUT2D eigenvalue weighted by atomic mass is 10.3. The van der Waals surface area contributed by atoms with Crippen molar-refractivity contribution >= 4 is 28.2 Å². The van der Waals surface area contributed by atoms with Gasteiger partial charge in [0.1, 0.15) is 10.7 Å². The number of carbonyl (C=O) groups excluding carboxylic acids is 1. The van der Waals surface area contributed by atoms with Crippen LogP contribution in [0.4, 0.5) is 10.9 Å². The van der Waals surface area contributed by atoms with Crippen molar-refractivity contribution in [3.63, 3.8) is 0 Å². The molecule has 0 unspecified atom stereocenters. The number of carbonyl (C=O) groups is 1. The van der Waals surface area contributed by atoms with Gasteiger partial charge in [0.15, 0.2) is 5.13 Å². The summed E-state index contributed by atoms with van der Waals surface area (Å²) in [5, 5.41) is 4.14. The molecular weight excluding hydrogens is 262 g/mol. The minimum Gasteiger partial charge on any atom is -0.382 e. The first-order valence-electron chi connectivity index (χ1n) is 6.77. The SMILES string of the molecule is Nc1nc(N2CCCC2)sc1C(=O)N1CCNCC1. The summed E-state index contributed by atoms with van der Waals surface area (Å²) in [5.41, 5.74) is 5.93. The van der Waals surface area contributed by atoms with Crippen LogP contribution in [0.25, 0.3) is 0 Å². The second kappa shape index (κ2) is 5.34. The first-order valence-corrected chi connectivity index (χ1v) is 7.58. The summed E-state index contributed by atoms with van der Waals surface area (Å²) < 4.78 is 0. The minimum atomic E-state index is 0.0296. The van der Waals surface area contributed by atoms with E-state index in [1.165, 1.54) is 24.2 Å². The van der Waals surface area contributed by atoms with Crippen LogP contribution in [0, 0.1) is 0 Å². The quantitative estimate of drug-likeness (QED) is 0.819. The summed E-state index contributed by atoms with van der Waals surface area (Å²) in [4.78, 5) is 21.5. The van der Waals surface area contributed by atoms with E-state index in [0.717, 1.165) is 44.4 Å². The molecule has 6 nitrogen and oxygen atoms in total. The van der Waals surface area contributed by atoms with Crippen LogP contribution in [0.3, 0.4) is 0 Å². The molecule has 0 radical (unpaired) electrons. The Morgan fingerprint density at radius 2 is 1.89 bits per heavy atom. The molecule has 3 rings (SSSR count). The van der Waals surface area contributed by atoms with Crippen LogP contribution < -0.4 is 16.0 Å². The first-order chi connectivity index (χ1) is 9.25. The molecule has 0 aliphatic carbocycles. The molecule has 3 N–H and O–H groups in total. The molecule has 2 fully saturated rings. The molecule has 0 bridgehead atoms. The molecule has 104 valence electrons. The highest BCUT2D eigenvalue weighted by molar-refractivity contribution is 7.18. The van der Waals surface area contributed by atoms with Crippen LogP contribution in [-0.2, 0) is 0 Å². The molecule has 1 aromatic heterocycles. The highest BCUT2D eigenvalue weighted by atomic mass is 32.1. The molecule has 0 spiro atoms. The Bertz CT molecular complexity index is 463.